The molecule has 3 heteroatoms. The third-order valence-corrected chi connectivity index (χ3v) is 4.74. The molecule has 0 aromatic heterocycles. The number of aromatic hydroxyl groups is 1. The second kappa shape index (κ2) is 5.46. The van der Waals surface area contributed by atoms with Gasteiger partial charge in [-0.1, -0.05) is 48.5 Å². The molecule has 0 saturated carbocycles. The number of fused-ring (bicyclic) bond motifs is 4. The van der Waals surface area contributed by atoms with Gasteiger partial charge in [0, 0.05) is 22.6 Å². The SMILES string of the molecule is O=c1ccc2c(-c3ccccc3)c3ccc4cccc(O)c4c3oc-2c1. The van der Waals surface area contributed by atoms with Gasteiger partial charge in [0.05, 0.1) is 5.39 Å². The third-order valence-electron chi connectivity index (χ3n) is 4.74. The number of phenolic OH excluding ortho intramolecular Hbond substituents is 1. The van der Waals surface area contributed by atoms with Crippen molar-refractivity contribution in [2.75, 3.05) is 0 Å². The molecular weight excluding hydrogens is 324 g/mol. The Kier molecular flexibility index (Phi) is 3.09. The van der Waals surface area contributed by atoms with Crippen molar-refractivity contribution in [1.82, 2.24) is 0 Å². The quantitative estimate of drug-likeness (QED) is 0.328. The number of benzene rings is 4. The van der Waals surface area contributed by atoms with E-state index in [2.05, 4.69) is 0 Å². The van der Waals surface area contributed by atoms with Gasteiger partial charge in [-0.05, 0) is 35.2 Å². The zero-order valence-electron chi connectivity index (χ0n) is 13.8. The highest BCUT2D eigenvalue weighted by atomic mass is 16.3. The molecule has 0 unspecified atom stereocenters. The Morgan fingerprint density at radius 1 is 0.808 bits per heavy atom. The Morgan fingerprint density at radius 3 is 2.50 bits per heavy atom. The van der Waals surface area contributed by atoms with E-state index >= 15 is 0 Å². The van der Waals surface area contributed by atoms with Crippen molar-refractivity contribution in [3.8, 4) is 28.2 Å². The summed E-state index contributed by atoms with van der Waals surface area (Å²) in [5.41, 5.74) is 3.37. The Balaban J connectivity index is 2.07. The third kappa shape index (κ3) is 2.11. The Hall–Kier alpha value is -3.59. The average Bonchev–Trinajstić information content (AvgIpc) is 2.66. The van der Waals surface area contributed by atoms with Gasteiger partial charge in [0.2, 0.25) is 0 Å². The van der Waals surface area contributed by atoms with Crippen molar-refractivity contribution >= 4 is 21.7 Å². The summed E-state index contributed by atoms with van der Waals surface area (Å²) < 4.78 is 6.12. The van der Waals surface area contributed by atoms with Crippen LogP contribution in [0, 0.1) is 0 Å². The molecule has 1 N–H and O–H groups in total. The van der Waals surface area contributed by atoms with Gasteiger partial charge in [0.25, 0.3) is 0 Å². The van der Waals surface area contributed by atoms with Crippen molar-refractivity contribution in [3.05, 3.63) is 89.1 Å². The molecule has 3 nitrogen and oxygen atoms in total. The Morgan fingerprint density at radius 2 is 1.65 bits per heavy atom. The molecule has 0 spiro atoms. The van der Waals surface area contributed by atoms with Crippen LogP contribution in [0.2, 0.25) is 0 Å². The van der Waals surface area contributed by atoms with Gasteiger partial charge in [0.1, 0.15) is 17.1 Å². The van der Waals surface area contributed by atoms with Crippen LogP contribution in [-0.4, -0.2) is 5.11 Å². The van der Waals surface area contributed by atoms with Crippen LogP contribution in [-0.2, 0) is 0 Å². The Bertz CT molecular complexity index is 1300. The summed E-state index contributed by atoms with van der Waals surface area (Å²) in [5.74, 6) is 0.674. The second-order valence-electron chi connectivity index (χ2n) is 6.32. The molecule has 0 amide bonds. The molecule has 0 fully saturated rings. The lowest BCUT2D eigenvalue weighted by Gasteiger charge is -2.16. The summed E-state index contributed by atoms with van der Waals surface area (Å²) >= 11 is 0. The van der Waals surface area contributed by atoms with Crippen molar-refractivity contribution in [2.24, 2.45) is 0 Å². The van der Waals surface area contributed by atoms with Crippen LogP contribution >= 0.6 is 0 Å². The van der Waals surface area contributed by atoms with Gasteiger partial charge in [-0.15, -0.1) is 0 Å². The lowest BCUT2D eigenvalue weighted by Crippen LogP contribution is -1.99. The summed E-state index contributed by atoms with van der Waals surface area (Å²) in [6.07, 6.45) is 0. The highest BCUT2D eigenvalue weighted by molar-refractivity contribution is 6.14. The number of hydrogen-bond acceptors (Lipinski definition) is 3. The highest BCUT2D eigenvalue weighted by Crippen LogP contribution is 2.43. The van der Waals surface area contributed by atoms with Crippen LogP contribution in [0.25, 0.3) is 44.2 Å². The highest BCUT2D eigenvalue weighted by Gasteiger charge is 2.19. The van der Waals surface area contributed by atoms with E-state index in [1.807, 2.05) is 48.5 Å². The van der Waals surface area contributed by atoms with Gasteiger partial charge in [-0.25, -0.2) is 0 Å². The summed E-state index contributed by atoms with van der Waals surface area (Å²) in [6, 6.07) is 24.2. The molecule has 2 aliphatic rings. The molecule has 1 aliphatic heterocycles. The van der Waals surface area contributed by atoms with Gasteiger partial charge >= 0.3 is 0 Å². The van der Waals surface area contributed by atoms with Crippen molar-refractivity contribution in [2.45, 2.75) is 0 Å². The molecule has 1 aliphatic carbocycles. The standard InChI is InChI=1S/C23H14O3/c24-16-10-12-17-20(13-16)26-23-18(21(17)14-5-2-1-3-6-14)11-9-15-7-4-8-19(25)22(15)23/h1-13,25H. The maximum atomic E-state index is 11.9. The number of hydrogen-bond donors (Lipinski definition) is 1. The van der Waals surface area contributed by atoms with Gasteiger partial charge in [0.15, 0.2) is 5.43 Å². The van der Waals surface area contributed by atoms with Crippen LogP contribution < -0.4 is 5.43 Å². The average molecular weight is 338 g/mol. The fourth-order valence-corrected chi connectivity index (χ4v) is 3.59. The fourth-order valence-electron chi connectivity index (χ4n) is 3.59. The molecule has 0 saturated heterocycles. The Labute approximate surface area is 149 Å². The lowest BCUT2D eigenvalue weighted by atomic mass is 9.92. The molecule has 3 aromatic carbocycles. The van der Waals surface area contributed by atoms with Crippen LogP contribution in [0.5, 0.6) is 5.75 Å². The molecule has 0 atom stereocenters. The molecule has 5 rings (SSSR count). The van der Waals surface area contributed by atoms with Gasteiger partial charge in [-0.2, -0.15) is 0 Å². The van der Waals surface area contributed by atoms with Gasteiger partial charge in [-0.3, -0.25) is 4.79 Å². The minimum atomic E-state index is -0.107. The summed E-state index contributed by atoms with van der Waals surface area (Å²) in [6.45, 7) is 0. The van der Waals surface area contributed by atoms with E-state index in [0.717, 1.165) is 27.5 Å². The van der Waals surface area contributed by atoms with Crippen LogP contribution in [0.4, 0.5) is 0 Å². The first-order valence-corrected chi connectivity index (χ1v) is 8.39. The maximum absolute atomic E-state index is 11.9. The van der Waals surface area contributed by atoms with Crippen molar-refractivity contribution < 1.29 is 9.52 Å². The molecule has 1 heterocycles. The number of rotatable bonds is 1. The summed E-state index contributed by atoms with van der Waals surface area (Å²) in [7, 11) is 0. The van der Waals surface area contributed by atoms with E-state index in [4.69, 9.17) is 4.42 Å². The lowest BCUT2D eigenvalue weighted by molar-refractivity contribution is 0.481. The minimum absolute atomic E-state index is 0.107. The van der Waals surface area contributed by atoms with Crippen LogP contribution in [0.15, 0.2) is 88.1 Å². The summed E-state index contributed by atoms with van der Waals surface area (Å²) in [4.78, 5) is 11.9. The maximum Gasteiger partial charge on any atom is 0.182 e. The van der Waals surface area contributed by atoms with E-state index in [9.17, 15) is 9.90 Å². The molecule has 124 valence electrons. The van der Waals surface area contributed by atoms with E-state index in [1.165, 1.54) is 6.07 Å². The fraction of sp³-hybridized carbons (Fsp3) is 0. The van der Waals surface area contributed by atoms with Crippen molar-refractivity contribution in [3.63, 3.8) is 0 Å². The molecule has 0 bridgehead atoms. The van der Waals surface area contributed by atoms with Gasteiger partial charge < -0.3 is 9.52 Å². The first kappa shape index (κ1) is 14.7. The smallest absolute Gasteiger partial charge is 0.182 e. The monoisotopic (exact) mass is 338 g/mol. The zero-order chi connectivity index (χ0) is 17.7. The van der Waals surface area contributed by atoms with E-state index in [-0.39, 0.29) is 11.2 Å². The van der Waals surface area contributed by atoms with Crippen LogP contribution in [0.1, 0.15) is 0 Å². The minimum Gasteiger partial charge on any atom is -0.507 e. The van der Waals surface area contributed by atoms with Crippen LogP contribution in [0.3, 0.4) is 0 Å². The topological polar surface area (TPSA) is 50.4 Å². The first-order valence-electron chi connectivity index (χ1n) is 8.39. The molecule has 26 heavy (non-hydrogen) atoms. The van der Waals surface area contributed by atoms with E-state index in [1.54, 1.807) is 24.3 Å². The normalized spacial score (nSPS) is 11.4. The molecule has 3 aromatic rings. The summed E-state index contributed by atoms with van der Waals surface area (Å²) in [5, 5.41) is 12.9. The zero-order valence-corrected chi connectivity index (χ0v) is 13.8. The molecule has 0 radical (unpaired) electrons. The molecular formula is C23H14O3. The first-order chi connectivity index (χ1) is 12.7. The predicted octanol–water partition coefficient (Wildman–Crippen LogP) is 5.42. The van der Waals surface area contributed by atoms with E-state index < -0.39 is 0 Å². The van der Waals surface area contributed by atoms with Crippen molar-refractivity contribution in [1.29, 1.82) is 0 Å². The van der Waals surface area contributed by atoms with E-state index in [0.29, 0.717) is 16.7 Å². The number of phenols is 1. The predicted molar refractivity (Wildman–Crippen MR) is 104 cm³/mol. The largest absolute Gasteiger partial charge is 0.507 e. The second-order valence-corrected chi connectivity index (χ2v) is 6.32.